The lowest BCUT2D eigenvalue weighted by atomic mass is 10.0. The number of halogens is 2. The normalized spacial score (nSPS) is 13.5. The Morgan fingerprint density at radius 2 is 2.06 bits per heavy atom. The Balaban J connectivity index is 0.00000225. The molecule has 0 fully saturated rings. The van der Waals surface area contributed by atoms with E-state index in [0.29, 0.717) is 10.7 Å². The van der Waals surface area contributed by atoms with E-state index < -0.39 is 0 Å². The third-order valence-electron chi connectivity index (χ3n) is 2.29. The summed E-state index contributed by atoms with van der Waals surface area (Å²) in [5, 5.41) is 3.36. The molecule has 3 nitrogen and oxygen atoms in total. The maximum Gasteiger partial charge on any atom is 0.228 e. The Bertz CT molecular complexity index is 356. The van der Waals surface area contributed by atoms with Gasteiger partial charge in [0, 0.05) is 16.8 Å². The van der Waals surface area contributed by atoms with E-state index in [9.17, 15) is 4.79 Å². The van der Waals surface area contributed by atoms with E-state index in [2.05, 4.69) is 5.32 Å². The second-order valence-electron chi connectivity index (χ2n) is 3.65. The van der Waals surface area contributed by atoms with Crippen molar-refractivity contribution >= 4 is 35.6 Å². The molecule has 16 heavy (non-hydrogen) atoms. The number of hydrogen-bond acceptors (Lipinski definition) is 2. The fourth-order valence-electron chi connectivity index (χ4n) is 1.06. The molecule has 0 heterocycles. The standard InChI is InChI=1S/C11H15ClN2O.ClH/c1-7(8(2)13)11(15)14-10-5-3-4-9(12)6-10;/h3-8H,13H2,1-2H3,(H,14,15);1H. The Morgan fingerprint density at radius 3 is 2.56 bits per heavy atom. The van der Waals surface area contributed by atoms with E-state index in [1.54, 1.807) is 31.2 Å². The summed E-state index contributed by atoms with van der Waals surface area (Å²) < 4.78 is 0. The van der Waals surface area contributed by atoms with Crippen molar-refractivity contribution in [3.63, 3.8) is 0 Å². The average Bonchev–Trinajstić information content (AvgIpc) is 2.16. The van der Waals surface area contributed by atoms with Crippen LogP contribution in [-0.4, -0.2) is 11.9 Å². The molecule has 0 spiro atoms. The van der Waals surface area contributed by atoms with E-state index in [1.807, 2.05) is 6.92 Å². The zero-order chi connectivity index (χ0) is 11.4. The highest BCUT2D eigenvalue weighted by Crippen LogP contribution is 2.16. The van der Waals surface area contributed by atoms with E-state index >= 15 is 0 Å². The summed E-state index contributed by atoms with van der Waals surface area (Å²) in [4.78, 5) is 11.6. The third-order valence-corrected chi connectivity index (χ3v) is 2.53. The predicted octanol–water partition coefficient (Wildman–Crippen LogP) is 2.68. The molecular formula is C11H16Cl2N2O. The Hall–Kier alpha value is -0.770. The smallest absolute Gasteiger partial charge is 0.228 e. The molecule has 0 aliphatic carbocycles. The van der Waals surface area contributed by atoms with Crippen LogP contribution >= 0.6 is 24.0 Å². The van der Waals surface area contributed by atoms with E-state index in [-0.39, 0.29) is 30.3 Å². The number of amides is 1. The highest BCUT2D eigenvalue weighted by Gasteiger charge is 2.16. The minimum atomic E-state index is -0.219. The van der Waals surface area contributed by atoms with Crippen molar-refractivity contribution in [2.24, 2.45) is 11.7 Å². The average molecular weight is 263 g/mol. The van der Waals surface area contributed by atoms with Crippen molar-refractivity contribution < 1.29 is 4.79 Å². The number of nitrogens with one attached hydrogen (secondary N) is 1. The molecule has 2 atom stereocenters. The Morgan fingerprint density at radius 1 is 1.44 bits per heavy atom. The zero-order valence-electron chi connectivity index (χ0n) is 9.24. The van der Waals surface area contributed by atoms with Crippen LogP contribution in [0.3, 0.4) is 0 Å². The lowest BCUT2D eigenvalue weighted by molar-refractivity contribution is -0.119. The van der Waals surface area contributed by atoms with Crippen molar-refractivity contribution in [3.05, 3.63) is 29.3 Å². The van der Waals surface area contributed by atoms with Gasteiger partial charge >= 0.3 is 0 Å². The fourth-order valence-corrected chi connectivity index (χ4v) is 1.25. The highest BCUT2D eigenvalue weighted by molar-refractivity contribution is 6.30. The van der Waals surface area contributed by atoms with E-state index in [1.165, 1.54) is 0 Å². The first-order valence-electron chi connectivity index (χ1n) is 4.82. The zero-order valence-corrected chi connectivity index (χ0v) is 10.8. The van der Waals surface area contributed by atoms with Gasteiger partial charge in [-0.15, -0.1) is 12.4 Å². The topological polar surface area (TPSA) is 55.1 Å². The monoisotopic (exact) mass is 262 g/mol. The first kappa shape index (κ1) is 15.2. The van der Waals surface area contributed by atoms with Crippen molar-refractivity contribution in [1.82, 2.24) is 0 Å². The molecule has 1 amide bonds. The predicted molar refractivity (Wildman–Crippen MR) is 70.1 cm³/mol. The molecule has 1 aromatic rings. The van der Waals surface area contributed by atoms with Crippen LogP contribution in [0.15, 0.2) is 24.3 Å². The van der Waals surface area contributed by atoms with Crippen LogP contribution in [0.5, 0.6) is 0 Å². The maximum atomic E-state index is 11.6. The van der Waals surface area contributed by atoms with Crippen LogP contribution in [0.2, 0.25) is 5.02 Å². The van der Waals surface area contributed by atoms with Crippen molar-refractivity contribution in [3.8, 4) is 0 Å². The van der Waals surface area contributed by atoms with Gasteiger partial charge in [-0.3, -0.25) is 4.79 Å². The molecule has 0 aliphatic rings. The van der Waals surface area contributed by atoms with Crippen LogP contribution in [0, 0.1) is 5.92 Å². The molecule has 2 unspecified atom stereocenters. The van der Waals surface area contributed by atoms with E-state index in [0.717, 1.165) is 0 Å². The van der Waals surface area contributed by atoms with Gasteiger partial charge in [0.05, 0.1) is 5.92 Å². The number of benzene rings is 1. The summed E-state index contributed by atoms with van der Waals surface area (Å²) in [6, 6.07) is 6.87. The van der Waals surface area contributed by atoms with Crippen LogP contribution < -0.4 is 11.1 Å². The van der Waals surface area contributed by atoms with Crippen molar-refractivity contribution in [2.45, 2.75) is 19.9 Å². The van der Waals surface area contributed by atoms with Gasteiger partial charge in [-0.1, -0.05) is 24.6 Å². The molecule has 0 bridgehead atoms. The molecule has 0 aromatic heterocycles. The Kier molecular flexibility index (Phi) is 6.41. The van der Waals surface area contributed by atoms with Crippen LogP contribution in [0.25, 0.3) is 0 Å². The van der Waals surface area contributed by atoms with Gasteiger partial charge in [-0.25, -0.2) is 0 Å². The molecule has 5 heteroatoms. The largest absolute Gasteiger partial charge is 0.327 e. The third kappa shape index (κ3) is 4.39. The molecule has 3 N–H and O–H groups in total. The van der Waals surface area contributed by atoms with Gasteiger partial charge in [0.15, 0.2) is 0 Å². The second kappa shape index (κ2) is 6.74. The van der Waals surface area contributed by atoms with Gasteiger partial charge in [-0.05, 0) is 25.1 Å². The van der Waals surface area contributed by atoms with Gasteiger partial charge in [0.25, 0.3) is 0 Å². The van der Waals surface area contributed by atoms with Gasteiger partial charge in [0.2, 0.25) is 5.91 Å². The number of anilines is 1. The molecule has 0 radical (unpaired) electrons. The van der Waals surface area contributed by atoms with Gasteiger partial charge < -0.3 is 11.1 Å². The molecular weight excluding hydrogens is 247 g/mol. The summed E-state index contributed by atoms with van der Waals surface area (Å²) in [6.45, 7) is 3.60. The SMILES string of the molecule is CC(N)C(C)C(=O)Nc1cccc(Cl)c1.Cl. The minimum absolute atomic E-state index is 0. The summed E-state index contributed by atoms with van der Waals surface area (Å²) in [6.07, 6.45) is 0. The molecule has 0 aliphatic heterocycles. The lowest BCUT2D eigenvalue weighted by Crippen LogP contribution is -2.34. The fraction of sp³-hybridized carbons (Fsp3) is 0.364. The summed E-state index contributed by atoms with van der Waals surface area (Å²) >= 11 is 5.79. The van der Waals surface area contributed by atoms with Gasteiger partial charge in [-0.2, -0.15) is 0 Å². The van der Waals surface area contributed by atoms with Crippen LogP contribution in [0.4, 0.5) is 5.69 Å². The van der Waals surface area contributed by atoms with E-state index in [4.69, 9.17) is 17.3 Å². The number of carbonyl (C=O) groups excluding carboxylic acids is 1. The van der Waals surface area contributed by atoms with Crippen molar-refractivity contribution in [2.75, 3.05) is 5.32 Å². The summed E-state index contributed by atoms with van der Waals surface area (Å²) in [5.41, 5.74) is 6.33. The molecule has 1 rings (SSSR count). The van der Waals surface area contributed by atoms with Crippen molar-refractivity contribution in [1.29, 1.82) is 0 Å². The van der Waals surface area contributed by atoms with Gasteiger partial charge in [0.1, 0.15) is 0 Å². The lowest BCUT2D eigenvalue weighted by Gasteiger charge is -2.15. The first-order valence-corrected chi connectivity index (χ1v) is 5.20. The summed E-state index contributed by atoms with van der Waals surface area (Å²) in [7, 11) is 0. The number of carbonyl (C=O) groups is 1. The highest BCUT2D eigenvalue weighted by atomic mass is 35.5. The summed E-state index contributed by atoms with van der Waals surface area (Å²) in [5.74, 6) is -0.309. The van der Waals surface area contributed by atoms with Crippen LogP contribution in [-0.2, 0) is 4.79 Å². The first-order chi connectivity index (χ1) is 7.00. The molecule has 90 valence electrons. The second-order valence-corrected chi connectivity index (χ2v) is 4.08. The quantitative estimate of drug-likeness (QED) is 0.880. The minimum Gasteiger partial charge on any atom is -0.327 e. The number of hydrogen-bond donors (Lipinski definition) is 2. The number of nitrogens with two attached hydrogens (primary N) is 1. The molecule has 1 aromatic carbocycles. The number of rotatable bonds is 3. The Labute approximate surface area is 107 Å². The molecule has 0 saturated carbocycles. The molecule has 0 saturated heterocycles. The van der Waals surface area contributed by atoms with Crippen LogP contribution in [0.1, 0.15) is 13.8 Å². The maximum absolute atomic E-state index is 11.6.